The molecule has 0 atom stereocenters. The van der Waals surface area contributed by atoms with Crippen LogP contribution in [0, 0.1) is 17.0 Å². The first-order valence-electron chi connectivity index (χ1n) is 5.16. The first-order valence-corrected chi connectivity index (χ1v) is 5.16. The summed E-state index contributed by atoms with van der Waals surface area (Å²) < 4.78 is 10.3. The quantitative estimate of drug-likeness (QED) is 0.505. The van der Waals surface area contributed by atoms with Crippen LogP contribution in [0.4, 0.5) is 11.4 Å². The fourth-order valence-electron chi connectivity index (χ4n) is 1.45. The van der Waals surface area contributed by atoms with Gasteiger partial charge in [-0.15, -0.1) is 0 Å². The number of nitrogens with two attached hydrogens (primary N) is 1. The van der Waals surface area contributed by atoms with Crippen molar-refractivity contribution in [3.05, 3.63) is 45.8 Å². The summed E-state index contributed by atoms with van der Waals surface area (Å²) >= 11 is 0. The third kappa shape index (κ3) is 2.40. The minimum absolute atomic E-state index is 0.00117. The predicted molar refractivity (Wildman–Crippen MR) is 63.1 cm³/mol. The highest BCUT2D eigenvalue weighted by Crippen LogP contribution is 2.31. The Morgan fingerprint density at radius 3 is 2.94 bits per heavy atom. The van der Waals surface area contributed by atoms with Crippen LogP contribution in [0.3, 0.4) is 0 Å². The molecule has 94 valence electrons. The van der Waals surface area contributed by atoms with Gasteiger partial charge in [0.1, 0.15) is 12.4 Å². The molecule has 0 spiro atoms. The van der Waals surface area contributed by atoms with Crippen molar-refractivity contribution in [1.29, 1.82) is 0 Å². The van der Waals surface area contributed by atoms with Gasteiger partial charge in [0.2, 0.25) is 0 Å². The molecule has 0 saturated heterocycles. The van der Waals surface area contributed by atoms with E-state index in [4.69, 9.17) is 15.0 Å². The number of hydrogen-bond donors (Lipinski definition) is 1. The summed E-state index contributed by atoms with van der Waals surface area (Å²) in [5, 5.41) is 14.4. The molecule has 0 fully saturated rings. The Kier molecular flexibility index (Phi) is 3.13. The van der Waals surface area contributed by atoms with E-state index in [2.05, 4.69) is 5.16 Å². The Labute approximate surface area is 102 Å². The van der Waals surface area contributed by atoms with Crippen LogP contribution in [0.2, 0.25) is 0 Å². The number of nitrogen functional groups attached to an aromatic ring is 1. The minimum atomic E-state index is -0.555. The van der Waals surface area contributed by atoms with Crippen molar-refractivity contribution in [2.45, 2.75) is 13.5 Å². The summed E-state index contributed by atoms with van der Waals surface area (Å²) in [7, 11) is 0. The maximum atomic E-state index is 10.7. The molecule has 0 saturated carbocycles. The van der Waals surface area contributed by atoms with E-state index in [1.54, 1.807) is 19.1 Å². The predicted octanol–water partition coefficient (Wildman–Crippen LogP) is 2.05. The SMILES string of the molecule is Cc1cc(COc2cccc([N+](=O)[O-])c2N)on1. The smallest absolute Gasteiger partial charge is 0.295 e. The summed E-state index contributed by atoms with van der Waals surface area (Å²) in [6.45, 7) is 1.90. The Balaban J connectivity index is 2.14. The van der Waals surface area contributed by atoms with Crippen LogP contribution in [0.1, 0.15) is 11.5 Å². The van der Waals surface area contributed by atoms with Gasteiger partial charge < -0.3 is 15.0 Å². The van der Waals surface area contributed by atoms with Gasteiger partial charge in [-0.3, -0.25) is 10.1 Å². The zero-order valence-corrected chi connectivity index (χ0v) is 9.62. The molecular weight excluding hydrogens is 238 g/mol. The fraction of sp³-hybridized carbons (Fsp3) is 0.182. The van der Waals surface area contributed by atoms with Crippen LogP contribution in [0.5, 0.6) is 5.75 Å². The molecule has 0 unspecified atom stereocenters. The maximum absolute atomic E-state index is 10.7. The highest BCUT2D eigenvalue weighted by atomic mass is 16.6. The second-order valence-electron chi connectivity index (χ2n) is 3.67. The molecule has 0 amide bonds. The Bertz CT molecular complexity index is 579. The van der Waals surface area contributed by atoms with Gasteiger partial charge >= 0.3 is 0 Å². The summed E-state index contributed by atoms with van der Waals surface area (Å²) in [6, 6.07) is 6.11. The Morgan fingerprint density at radius 2 is 2.33 bits per heavy atom. The molecule has 2 aromatic rings. The Morgan fingerprint density at radius 1 is 1.56 bits per heavy atom. The number of ether oxygens (including phenoxy) is 1. The van der Waals surface area contributed by atoms with Crippen LogP contribution in [0.25, 0.3) is 0 Å². The zero-order valence-electron chi connectivity index (χ0n) is 9.62. The lowest BCUT2D eigenvalue weighted by Gasteiger charge is -2.06. The third-order valence-electron chi connectivity index (χ3n) is 2.29. The number of para-hydroxylation sites is 1. The molecule has 1 aromatic carbocycles. The van der Waals surface area contributed by atoms with E-state index >= 15 is 0 Å². The molecule has 0 aliphatic carbocycles. The molecule has 0 radical (unpaired) electrons. The number of hydrogen-bond acceptors (Lipinski definition) is 6. The molecule has 0 aliphatic heterocycles. The number of nitro groups is 1. The number of aryl methyl sites for hydroxylation is 1. The molecule has 7 heteroatoms. The first-order chi connectivity index (χ1) is 8.58. The van der Waals surface area contributed by atoms with Crippen LogP contribution >= 0.6 is 0 Å². The van der Waals surface area contributed by atoms with Crippen molar-refractivity contribution in [1.82, 2.24) is 5.16 Å². The van der Waals surface area contributed by atoms with Gasteiger partial charge in [0.15, 0.2) is 11.4 Å². The maximum Gasteiger partial charge on any atom is 0.295 e. The van der Waals surface area contributed by atoms with Crippen LogP contribution in [-0.2, 0) is 6.61 Å². The number of aromatic nitrogens is 1. The fourth-order valence-corrected chi connectivity index (χ4v) is 1.45. The van der Waals surface area contributed by atoms with Crippen molar-refractivity contribution in [3.63, 3.8) is 0 Å². The topological polar surface area (TPSA) is 104 Å². The van der Waals surface area contributed by atoms with Crippen LogP contribution in [-0.4, -0.2) is 10.1 Å². The molecule has 7 nitrogen and oxygen atoms in total. The van der Waals surface area contributed by atoms with E-state index in [-0.39, 0.29) is 23.7 Å². The lowest BCUT2D eigenvalue weighted by Crippen LogP contribution is -2.01. The van der Waals surface area contributed by atoms with Gasteiger partial charge in [-0.25, -0.2) is 0 Å². The number of benzene rings is 1. The van der Waals surface area contributed by atoms with Gasteiger partial charge in [-0.2, -0.15) is 0 Å². The van der Waals surface area contributed by atoms with Crippen molar-refractivity contribution >= 4 is 11.4 Å². The summed E-state index contributed by atoms with van der Waals surface area (Å²) in [5.41, 5.74) is 6.20. The number of nitro benzene ring substituents is 1. The summed E-state index contributed by atoms with van der Waals surface area (Å²) in [4.78, 5) is 10.1. The van der Waals surface area contributed by atoms with Crippen molar-refractivity contribution in [3.8, 4) is 5.75 Å². The van der Waals surface area contributed by atoms with Gasteiger partial charge in [0, 0.05) is 12.1 Å². The summed E-state index contributed by atoms with van der Waals surface area (Å²) in [5.74, 6) is 0.775. The molecule has 18 heavy (non-hydrogen) atoms. The van der Waals surface area contributed by atoms with E-state index in [9.17, 15) is 10.1 Å². The molecule has 0 bridgehead atoms. The van der Waals surface area contributed by atoms with Gasteiger partial charge in [0.05, 0.1) is 10.6 Å². The second-order valence-corrected chi connectivity index (χ2v) is 3.67. The van der Waals surface area contributed by atoms with E-state index in [1.807, 2.05) is 0 Å². The molecule has 0 aliphatic rings. The molecule has 2 rings (SSSR count). The van der Waals surface area contributed by atoms with Gasteiger partial charge in [-0.05, 0) is 13.0 Å². The van der Waals surface area contributed by atoms with Crippen LogP contribution in [0.15, 0.2) is 28.8 Å². The number of rotatable bonds is 4. The highest BCUT2D eigenvalue weighted by Gasteiger charge is 2.15. The number of anilines is 1. The zero-order chi connectivity index (χ0) is 13.1. The van der Waals surface area contributed by atoms with Gasteiger partial charge in [0.25, 0.3) is 5.69 Å². The number of nitrogens with zero attached hydrogens (tertiary/aromatic N) is 2. The van der Waals surface area contributed by atoms with Crippen molar-refractivity contribution in [2.24, 2.45) is 0 Å². The lowest BCUT2D eigenvalue weighted by molar-refractivity contribution is -0.384. The third-order valence-corrected chi connectivity index (χ3v) is 2.29. The lowest BCUT2D eigenvalue weighted by atomic mass is 10.2. The average Bonchev–Trinajstić information content (AvgIpc) is 2.73. The van der Waals surface area contributed by atoms with Gasteiger partial charge in [-0.1, -0.05) is 11.2 Å². The molecule has 1 aromatic heterocycles. The second kappa shape index (κ2) is 4.74. The molecule has 2 N–H and O–H groups in total. The van der Waals surface area contributed by atoms with E-state index in [1.165, 1.54) is 12.1 Å². The van der Waals surface area contributed by atoms with E-state index < -0.39 is 4.92 Å². The average molecular weight is 249 g/mol. The standard InChI is InChI=1S/C11H11N3O4/c1-7-5-8(18-13-7)6-17-10-4-2-3-9(11(10)12)14(15)16/h2-5H,6,12H2,1H3. The van der Waals surface area contributed by atoms with E-state index in [0.29, 0.717) is 5.76 Å². The van der Waals surface area contributed by atoms with E-state index in [0.717, 1.165) is 5.69 Å². The normalized spacial score (nSPS) is 10.3. The first kappa shape index (κ1) is 11.9. The minimum Gasteiger partial charge on any atom is -0.483 e. The highest BCUT2D eigenvalue weighted by molar-refractivity contribution is 5.66. The van der Waals surface area contributed by atoms with Crippen molar-refractivity contribution in [2.75, 3.05) is 5.73 Å². The van der Waals surface area contributed by atoms with Crippen molar-refractivity contribution < 1.29 is 14.2 Å². The summed E-state index contributed by atoms with van der Waals surface area (Å²) in [6.07, 6.45) is 0. The Hall–Kier alpha value is -2.57. The monoisotopic (exact) mass is 249 g/mol. The molecular formula is C11H11N3O4. The van der Waals surface area contributed by atoms with Crippen LogP contribution < -0.4 is 10.5 Å². The molecule has 1 heterocycles. The largest absolute Gasteiger partial charge is 0.483 e.